The van der Waals surface area contributed by atoms with E-state index in [1.165, 1.54) is 116 Å². The summed E-state index contributed by atoms with van der Waals surface area (Å²) < 4.78 is 0. The first-order chi connectivity index (χ1) is 17.1. The molecule has 0 aromatic rings. The summed E-state index contributed by atoms with van der Waals surface area (Å²) in [5, 5.41) is 32.0. The molecule has 0 saturated heterocycles. The molecule has 35 heavy (non-hydrogen) atoms. The van der Waals surface area contributed by atoms with Gasteiger partial charge in [0.15, 0.2) is 0 Å². The second-order valence-corrected chi connectivity index (χ2v) is 10.8. The second-order valence-electron chi connectivity index (χ2n) is 10.8. The molecular formula is C30H64N2O3. The van der Waals surface area contributed by atoms with E-state index in [2.05, 4.69) is 19.3 Å². The minimum Gasteiger partial charge on any atom is -0.395 e. The predicted octanol–water partition coefficient (Wildman–Crippen LogP) is 7.13. The highest BCUT2D eigenvalue weighted by molar-refractivity contribution is 4.65. The largest absolute Gasteiger partial charge is 0.395 e. The van der Waals surface area contributed by atoms with Crippen LogP contribution in [0.4, 0.5) is 0 Å². The summed E-state index contributed by atoms with van der Waals surface area (Å²) in [6, 6.07) is 0. The van der Waals surface area contributed by atoms with Crippen LogP contribution >= 0.6 is 0 Å². The fourth-order valence-electron chi connectivity index (χ4n) is 4.77. The second kappa shape index (κ2) is 28.4. The SMILES string of the molecule is CCCCCCCCCCCCC(O)CNN(CCO)CC(O)CCCCCCCCCCCC. The third-order valence-corrected chi connectivity index (χ3v) is 7.13. The molecule has 5 nitrogen and oxygen atoms in total. The molecule has 0 saturated carbocycles. The van der Waals surface area contributed by atoms with Gasteiger partial charge in [0.25, 0.3) is 0 Å². The van der Waals surface area contributed by atoms with Gasteiger partial charge in [-0.2, -0.15) is 0 Å². The van der Waals surface area contributed by atoms with Crippen molar-refractivity contribution in [2.24, 2.45) is 0 Å². The van der Waals surface area contributed by atoms with Gasteiger partial charge in [-0.05, 0) is 12.8 Å². The lowest BCUT2D eigenvalue weighted by atomic mass is 10.0. The van der Waals surface area contributed by atoms with Crippen molar-refractivity contribution in [2.75, 3.05) is 26.2 Å². The zero-order valence-electron chi connectivity index (χ0n) is 23.8. The van der Waals surface area contributed by atoms with Gasteiger partial charge in [-0.1, -0.05) is 142 Å². The van der Waals surface area contributed by atoms with Crippen LogP contribution in [0.1, 0.15) is 155 Å². The summed E-state index contributed by atoms with van der Waals surface area (Å²) >= 11 is 0. The van der Waals surface area contributed by atoms with Crippen LogP contribution in [0.2, 0.25) is 0 Å². The number of hydrazine groups is 1. The van der Waals surface area contributed by atoms with Crippen molar-refractivity contribution in [1.29, 1.82) is 0 Å². The molecule has 212 valence electrons. The molecule has 0 amide bonds. The summed E-state index contributed by atoms with van der Waals surface area (Å²) in [5.41, 5.74) is 3.24. The molecule has 0 aliphatic carbocycles. The standard InChI is InChI=1S/C30H64N2O3/c1-3-5-7-9-11-13-15-17-19-21-23-29(34)27-31-32(25-26-33)28-30(35)24-22-20-18-16-14-12-10-8-6-4-2/h29-31,33-35H,3-28H2,1-2H3. The quantitative estimate of drug-likeness (QED) is 0.0649. The maximum Gasteiger partial charge on any atom is 0.0681 e. The van der Waals surface area contributed by atoms with E-state index >= 15 is 0 Å². The Kier molecular flexibility index (Phi) is 28.2. The molecule has 2 atom stereocenters. The molecular weight excluding hydrogens is 436 g/mol. The van der Waals surface area contributed by atoms with Crippen LogP contribution in [0.3, 0.4) is 0 Å². The van der Waals surface area contributed by atoms with E-state index in [9.17, 15) is 15.3 Å². The maximum absolute atomic E-state index is 10.4. The van der Waals surface area contributed by atoms with Gasteiger partial charge in [0.2, 0.25) is 0 Å². The highest BCUT2D eigenvalue weighted by Crippen LogP contribution is 2.13. The van der Waals surface area contributed by atoms with E-state index in [0.29, 0.717) is 19.6 Å². The lowest BCUT2D eigenvalue weighted by Crippen LogP contribution is -2.47. The summed E-state index contributed by atoms with van der Waals surface area (Å²) in [6.07, 6.45) is 26.9. The van der Waals surface area contributed by atoms with Gasteiger partial charge in [0.1, 0.15) is 0 Å². The van der Waals surface area contributed by atoms with Crippen LogP contribution < -0.4 is 5.43 Å². The van der Waals surface area contributed by atoms with E-state index in [1.54, 1.807) is 0 Å². The van der Waals surface area contributed by atoms with Gasteiger partial charge in [-0.25, -0.2) is 5.01 Å². The molecule has 0 bridgehead atoms. The number of hydrogen-bond acceptors (Lipinski definition) is 5. The first-order valence-corrected chi connectivity index (χ1v) is 15.6. The van der Waals surface area contributed by atoms with E-state index in [4.69, 9.17) is 0 Å². The minimum atomic E-state index is -0.387. The van der Waals surface area contributed by atoms with Crippen molar-refractivity contribution in [1.82, 2.24) is 10.4 Å². The molecule has 0 aromatic heterocycles. The fraction of sp³-hybridized carbons (Fsp3) is 1.00. The number of rotatable bonds is 29. The van der Waals surface area contributed by atoms with Gasteiger partial charge in [-0.15, -0.1) is 0 Å². The topological polar surface area (TPSA) is 76.0 Å². The van der Waals surface area contributed by atoms with Crippen LogP contribution in [0.5, 0.6) is 0 Å². The molecule has 0 fully saturated rings. The van der Waals surface area contributed by atoms with Crippen LogP contribution in [0.15, 0.2) is 0 Å². The van der Waals surface area contributed by atoms with Crippen molar-refractivity contribution < 1.29 is 15.3 Å². The number of unbranched alkanes of at least 4 members (excludes halogenated alkanes) is 18. The average molecular weight is 501 g/mol. The molecule has 4 N–H and O–H groups in total. The van der Waals surface area contributed by atoms with Crippen LogP contribution in [-0.4, -0.2) is 58.8 Å². The van der Waals surface area contributed by atoms with Crippen LogP contribution in [0, 0.1) is 0 Å². The van der Waals surface area contributed by atoms with Gasteiger partial charge in [0, 0.05) is 19.6 Å². The molecule has 0 aromatic carbocycles. The summed E-state index contributed by atoms with van der Waals surface area (Å²) in [7, 11) is 0. The van der Waals surface area contributed by atoms with Crippen molar-refractivity contribution >= 4 is 0 Å². The van der Waals surface area contributed by atoms with Gasteiger partial charge in [-0.3, -0.25) is 5.43 Å². The first-order valence-electron chi connectivity index (χ1n) is 15.6. The highest BCUT2D eigenvalue weighted by Gasteiger charge is 2.13. The predicted molar refractivity (Wildman–Crippen MR) is 152 cm³/mol. The summed E-state index contributed by atoms with van der Waals surface area (Å²) in [5.74, 6) is 0. The molecule has 0 radical (unpaired) electrons. The number of aliphatic hydroxyl groups excluding tert-OH is 3. The molecule has 0 aliphatic heterocycles. The average Bonchev–Trinajstić information content (AvgIpc) is 2.85. The Bertz CT molecular complexity index is 398. The summed E-state index contributed by atoms with van der Waals surface area (Å²) in [4.78, 5) is 0. The van der Waals surface area contributed by atoms with Crippen molar-refractivity contribution in [3.63, 3.8) is 0 Å². The normalized spacial score (nSPS) is 13.5. The fourth-order valence-corrected chi connectivity index (χ4v) is 4.77. The van der Waals surface area contributed by atoms with E-state index in [-0.39, 0.29) is 18.8 Å². The highest BCUT2D eigenvalue weighted by atomic mass is 16.3. The molecule has 0 heterocycles. The maximum atomic E-state index is 10.4. The Balaban J connectivity index is 3.69. The molecule has 2 unspecified atom stereocenters. The van der Waals surface area contributed by atoms with Gasteiger partial charge < -0.3 is 15.3 Å². The first kappa shape index (κ1) is 34.8. The molecule has 5 heteroatoms. The van der Waals surface area contributed by atoms with Gasteiger partial charge in [0.05, 0.1) is 18.8 Å². The lowest BCUT2D eigenvalue weighted by molar-refractivity contribution is 0.0448. The molecule has 0 spiro atoms. The third kappa shape index (κ3) is 26.7. The van der Waals surface area contributed by atoms with E-state index in [0.717, 1.165) is 25.7 Å². The zero-order chi connectivity index (χ0) is 25.8. The van der Waals surface area contributed by atoms with Crippen molar-refractivity contribution in [2.45, 2.75) is 167 Å². The van der Waals surface area contributed by atoms with E-state index in [1.807, 2.05) is 5.01 Å². The van der Waals surface area contributed by atoms with Crippen molar-refractivity contribution in [3.8, 4) is 0 Å². The number of hydrogen-bond donors (Lipinski definition) is 4. The van der Waals surface area contributed by atoms with E-state index < -0.39 is 0 Å². The Morgan fingerprint density at radius 1 is 0.543 bits per heavy atom. The number of nitrogens with zero attached hydrogens (tertiary/aromatic N) is 1. The van der Waals surface area contributed by atoms with Gasteiger partial charge >= 0.3 is 0 Å². The lowest BCUT2D eigenvalue weighted by Gasteiger charge is -2.26. The van der Waals surface area contributed by atoms with Crippen LogP contribution in [-0.2, 0) is 0 Å². The monoisotopic (exact) mass is 500 g/mol. The number of nitrogens with one attached hydrogen (secondary N) is 1. The smallest absolute Gasteiger partial charge is 0.0681 e. The number of aliphatic hydroxyl groups is 3. The molecule has 0 rings (SSSR count). The van der Waals surface area contributed by atoms with Crippen molar-refractivity contribution in [3.05, 3.63) is 0 Å². The Morgan fingerprint density at radius 2 is 0.914 bits per heavy atom. The zero-order valence-corrected chi connectivity index (χ0v) is 23.8. The summed E-state index contributed by atoms with van der Waals surface area (Å²) in [6.45, 7) is 6.03. The third-order valence-electron chi connectivity index (χ3n) is 7.13. The van der Waals surface area contributed by atoms with Crippen LogP contribution in [0.25, 0.3) is 0 Å². The minimum absolute atomic E-state index is 0.0481. The Morgan fingerprint density at radius 3 is 1.31 bits per heavy atom. The Hall–Kier alpha value is -0.200. The molecule has 0 aliphatic rings. The Labute approximate surface area is 219 Å².